The summed E-state index contributed by atoms with van der Waals surface area (Å²) in [5.74, 6) is 1.50. The van der Waals surface area contributed by atoms with Gasteiger partial charge in [0.25, 0.3) is 0 Å². The van der Waals surface area contributed by atoms with E-state index < -0.39 is 0 Å². The molecule has 0 saturated carbocycles. The van der Waals surface area contributed by atoms with Gasteiger partial charge >= 0.3 is 0 Å². The van der Waals surface area contributed by atoms with Gasteiger partial charge < -0.3 is 10.1 Å². The van der Waals surface area contributed by atoms with Crippen molar-refractivity contribution in [2.24, 2.45) is 0 Å². The second kappa shape index (κ2) is 5.83. The molecule has 106 valence electrons. The maximum atomic E-state index is 12.1. The van der Waals surface area contributed by atoms with E-state index in [0.29, 0.717) is 0 Å². The first kappa shape index (κ1) is 13.4. The molecule has 0 bridgehead atoms. The van der Waals surface area contributed by atoms with E-state index in [-0.39, 0.29) is 11.9 Å². The van der Waals surface area contributed by atoms with E-state index in [0.717, 1.165) is 29.0 Å². The molecule has 1 amide bonds. The van der Waals surface area contributed by atoms with E-state index in [1.54, 1.807) is 6.08 Å². The first-order chi connectivity index (χ1) is 10.3. The second-order valence-corrected chi connectivity index (χ2v) is 4.93. The highest BCUT2D eigenvalue weighted by Gasteiger charge is 2.27. The number of allylic oxidation sites excluding steroid dienone is 1. The Morgan fingerprint density at radius 1 is 1.10 bits per heavy atom. The molecule has 1 heterocycles. The number of nitrogens with one attached hydrogen (secondary N) is 1. The molecule has 0 saturated heterocycles. The third-order valence-corrected chi connectivity index (χ3v) is 3.47. The molecular formula is C18H17NO2. The van der Waals surface area contributed by atoms with Gasteiger partial charge in [0.2, 0.25) is 5.91 Å². The zero-order valence-electron chi connectivity index (χ0n) is 11.9. The smallest absolute Gasteiger partial charge is 0.244 e. The summed E-state index contributed by atoms with van der Waals surface area (Å²) in [4.78, 5) is 12.1. The van der Waals surface area contributed by atoms with Crippen molar-refractivity contribution in [1.82, 2.24) is 5.32 Å². The van der Waals surface area contributed by atoms with Crippen LogP contribution in [-0.4, -0.2) is 5.91 Å². The van der Waals surface area contributed by atoms with E-state index in [9.17, 15) is 4.79 Å². The average molecular weight is 279 g/mol. The van der Waals surface area contributed by atoms with E-state index in [1.165, 1.54) is 0 Å². The number of fused-ring (bicyclic) bond motifs is 2. The summed E-state index contributed by atoms with van der Waals surface area (Å²) < 4.78 is 5.90. The summed E-state index contributed by atoms with van der Waals surface area (Å²) in [5.41, 5.74) is 1.96. The molecule has 0 radical (unpaired) electrons. The van der Waals surface area contributed by atoms with Crippen LogP contribution in [0.1, 0.15) is 30.5 Å². The quantitative estimate of drug-likeness (QED) is 0.863. The van der Waals surface area contributed by atoms with Gasteiger partial charge in [-0.05, 0) is 24.6 Å². The lowest BCUT2D eigenvalue weighted by Crippen LogP contribution is -2.29. The Labute approximate surface area is 124 Å². The average Bonchev–Trinajstić information content (AvgIpc) is 2.52. The summed E-state index contributed by atoms with van der Waals surface area (Å²) in [7, 11) is 0. The minimum Gasteiger partial charge on any atom is -0.457 e. The van der Waals surface area contributed by atoms with Crippen molar-refractivity contribution in [3.8, 4) is 11.5 Å². The van der Waals surface area contributed by atoms with Crippen LogP contribution in [0.2, 0.25) is 0 Å². The van der Waals surface area contributed by atoms with E-state index in [2.05, 4.69) is 5.32 Å². The van der Waals surface area contributed by atoms with Crippen molar-refractivity contribution >= 4 is 5.91 Å². The number of rotatable bonds is 3. The van der Waals surface area contributed by atoms with Gasteiger partial charge in [-0.1, -0.05) is 49.4 Å². The van der Waals surface area contributed by atoms with Crippen LogP contribution < -0.4 is 10.1 Å². The molecule has 1 aliphatic rings. The molecule has 2 aromatic rings. The largest absolute Gasteiger partial charge is 0.457 e. The Balaban J connectivity index is 1.98. The number of benzene rings is 2. The molecule has 3 rings (SSSR count). The highest BCUT2D eigenvalue weighted by Crippen LogP contribution is 2.42. The van der Waals surface area contributed by atoms with Gasteiger partial charge in [0, 0.05) is 11.1 Å². The Hall–Kier alpha value is -2.55. The maximum absolute atomic E-state index is 12.1. The highest BCUT2D eigenvalue weighted by atomic mass is 16.5. The van der Waals surface area contributed by atoms with Crippen molar-refractivity contribution in [2.75, 3.05) is 0 Å². The monoisotopic (exact) mass is 279 g/mol. The lowest BCUT2D eigenvalue weighted by Gasteiger charge is -2.28. The van der Waals surface area contributed by atoms with Crippen molar-refractivity contribution in [3.63, 3.8) is 0 Å². The van der Waals surface area contributed by atoms with Crippen molar-refractivity contribution in [3.05, 3.63) is 71.8 Å². The lowest BCUT2D eigenvalue weighted by molar-refractivity contribution is -0.117. The lowest BCUT2D eigenvalue weighted by atomic mass is 9.94. The highest BCUT2D eigenvalue weighted by molar-refractivity contribution is 5.88. The number of carbonyl (C=O) groups is 1. The molecule has 2 aromatic carbocycles. The molecule has 0 spiro atoms. The van der Waals surface area contributed by atoms with Crippen LogP contribution in [0.25, 0.3) is 0 Å². The van der Waals surface area contributed by atoms with Crippen molar-refractivity contribution in [2.45, 2.75) is 19.4 Å². The maximum Gasteiger partial charge on any atom is 0.244 e. The molecule has 0 aliphatic carbocycles. The fourth-order valence-corrected chi connectivity index (χ4v) is 2.48. The van der Waals surface area contributed by atoms with Gasteiger partial charge in [-0.2, -0.15) is 0 Å². The van der Waals surface area contributed by atoms with Crippen LogP contribution in [0.3, 0.4) is 0 Å². The van der Waals surface area contributed by atoms with Crippen LogP contribution in [0, 0.1) is 0 Å². The SMILES string of the molecule is CC/C=C/C(=O)NC1c2ccccc2Oc2ccccc21. The summed E-state index contributed by atoms with van der Waals surface area (Å²) in [6, 6.07) is 15.4. The topological polar surface area (TPSA) is 38.3 Å². The van der Waals surface area contributed by atoms with Crippen LogP contribution in [-0.2, 0) is 4.79 Å². The second-order valence-electron chi connectivity index (χ2n) is 4.93. The number of ether oxygens (including phenoxy) is 1. The molecular weight excluding hydrogens is 262 g/mol. The summed E-state index contributed by atoms with van der Waals surface area (Å²) >= 11 is 0. The standard InChI is InChI=1S/C18H17NO2/c1-2-3-12-17(20)19-18-13-8-4-6-10-15(13)21-16-11-7-5-9-14(16)18/h3-12,18H,2H2,1H3,(H,19,20)/b12-3+. The molecule has 21 heavy (non-hydrogen) atoms. The normalized spacial score (nSPS) is 13.4. The Kier molecular flexibility index (Phi) is 3.73. The van der Waals surface area contributed by atoms with Crippen LogP contribution in [0.5, 0.6) is 11.5 Å². The first-order valence-corrected chi connectivity index (χ1v) is 7.12. The molecule has 0 atom stereocenters. The molecule has 0 aromatic heterocycles. The Bertz CT molecular complexity index is 646. The fourth-order valence-electron chi connectivity index (χ4n) is 2.48. The number of hydrogen-bond acceptors (Lipinski definition) is 2. The molecule has 1 aliphatic heterocycles. The number of hydrogen-bond donors (Lipinski definition) is 1. The summed E-state index contributed by atoms with van der Waals surface area (Å²) in [5, 5.41) is 3.06. The number of carbonyl (C=O) groups excluding carboxylic acids is 1. The van der Waals surface area contributed by atoms with E-state index in [1.807, 2.05) is 61.5 Å². The first-order valence-electron chi connectivity index (χ1n) is 7.12. The minimum absolute atomic E-state index is 0.0895. The van der Waals surface area contributed by atoms with Gasteiger partial charge in [-0.15, -0.1) is 0 Å². The summed E-state index contributed by atoms with van der Waals surface area (Å²) in [6.45, 7) is 2.00. The molecule has 0 unspecified atom stereocenters. The Morgan fingerprint density at radius 3 is 2.24 bits per heavy atom. The Morgan fingerprint density at radius 2 is 1.67 bits per heavy atom. The molecule has 3 nitrogen and oxygen atoms in total. The van der Waals surface area contributed by atoms with E-state index in [4.69, 9.17) is 4.74 Å². The van der Waals surface area contributed by atoms with Gasteiger partial charge in [-0.25, -0.2) is 0 Å². The molecule has 3 heteroatoms. The zero-order chi connectivity index (χ0) is 14.7. The number of amides is 1. The van der Waals surface area contributed by atoms with E-state index >= 15 is 0 Å². The van der Waals surface area contributed by atoms with Crippen LogP contribution >= 0.6 is 0 Å². The number of para-hydroxylation sites is 2. The molecule has 0 fully saturated rings. The van der Waals surface area contributed by atoms with Gasteiger partial charge in [-0.3, -0.25) is 4.79 Å². The third-order valence-electron chi connectivity index (χ3n) is 3.47. The predicted octanol–water partition coefficient (Wildman–Crippen LogP) is 3.96. The van der Waals surface area contributed by atoms with Crippen LogP contribution in [0.4, 0.5) is 0 Å². The third kappa shape index (κ3) is 2.68. The molecule has 1 N–H and O–H groups in total. The van der Waals surface area contributed by atoms with Crippen LogP contribution in [0.15, 0.2) is 60.7 Å². The van der Waals surface area contributed by atoms with Gasteiger partial charge in [0.15, 0.2) is 0 Å². The minimum atomic E-state index is -0.180. The van der Waals surface area contributed by atoms with Gasteiger partial charge in [0.1, 0.15) is 11.5 Å². The predicted molar refractivity (Wildman–Crippen MR) is 82.4 cm³/mol. The van der Waals surface area contributed by atoms with Crippen molar-refractivity contribution in [1.29, 1.82) is 0 Å². The zero-order valence-corrected chi connectivity index (χ0v) is 11.9. The van der Waals surface area contributed by atoms with Gasteiger partial charge in [0.05, 0.1) is 6.04 Å². The fraction of sp³-hybridized carbons (Fsp3) is 0.167. The summed E-state index contributed by atoms with van der Waals surface area (Å²) in [6.07, 6.45) is 4.28. The van der Waals surface area contributed by atoms with Crippen molar-refractivity contribution < 1.29 is 9.53 Å².